The average Bonchev–Trinajstić information content (AvgIpc) is 3.18. The molecule has 0 aromatic heterocycles. The van der Waals surface area contributed by atoms with Gasteiger partial charge in [-0.3, -0.25) is 4.79 Å². The first kappa shape index (κ1) is 15.5. The standard InChI is InChI=1S/C18H15NO3S2/c1-11-19-14-4-3-13(7-18(14)24-11)15(20)9-23-8-12-2-5-16-17(6-12)22-10-21-16/h2-7,19H,1,8-10H2. The Morgan fingerprint density at radius 3 is 3.00 bits per heavy atom. The molecule has 4 rings (SSSR count). The lowest BCUT2D eigenvalue weighted by molar-refractivity contribution is 0.102. The summed E-state index contributed by atoms with van der Waals surface area (Å²) < 4.78 is 10.7. The normalized spacial score (nSPS) is 14.4. The number of thioether (sulfide) groups is 2. The SMILES string of the molecule is C=C1Nc2ccc(C(=O)CSCc3ccc4c(c3)OCO4)cc2S1. The summed E-state index contributed by atoms with van der Waals surface area (Å²) in [5, 5.41) is 4.07. The molecule has 0 radical (unpaired) electrons. The number of ether oxygens (including phenoxy) is 2. The van der Waals surface area contributed by atoms with Gasteiger partial charge >= 0.3 is 0 Å². The molecule has 0 unspecified atom stereocenters. The van der Waals surface area contributed by atoms with E-state index in [1.165, 1.54) is 0 Å². The van der Waals surface area contributed by atoms with Crippen molar-refractivity contribution in [3.63, 3.8) is 0 Å². The summed E-state index contributed by atoms with van der Waals surface area (Å²) >= 11 is 3.17. The topological polar surface area (TPSA) is 47.6 Å². The number of benzene rings is 2. The number of carbonyl (C=O) groups is 1. The molecule has 0 aliphatic carbocycles. The Hall–Kier alpha value is -2.05. The van der Waals surface area contributed by atoms with E-state index in [2.05, 4.69) is 11.9 Å². The Bertz CT molecular complexity index is 835. The van der Waals surface area contributed by atoms with Crippen LogP contribution in [0.2, 0.25) is 0 Å². The number of hydrogen-bond acceptors (Lipinski definition) is 6. The van der Waals surface area contributed by atoms with Gasteiger partial charge in [-0.15, -0.1) is 11.8 Å². The van der Waals surface area contributed by atoms with Crippen LogP contribution in [0.15, 0.2) is 52.9 Å². The molecule has 2 aromatic carbocycles. The van der Waals surface area contributed by atoms with Gasteiger partial charge in [-0.25, -0.2) is 0 Å². The molecule has 2 aliphatic rings. The molecule has 0 spiro atoms. The Balaban J connectivity index is 1.35. The highest BCUT2D eigenvalue weighted by Crippen LogP contribution is 2.40. The third-order valence-corrected chi connectivity index (χ3v) is 5.66. The van der Waals surface area contributed by atoms with Crippen molar-refractivity contribution in [3.05, 3.63) is 59.1 Å². The van der Waals surface area contributed by atoms with Crippen molar-refractivity contribution in [2.45, 2.75) is 10.6 Å². The number of nitrogens with one attached hydrogen (secondary N) is 1. The van der Waals surface area contributed by atoms with Crippen LogP contribution in [0.5, 0.6) is 11.5 Å². The maximum Gasteiger partial charge on any atom is 0.231 e. The first-order chi connectivity index (χ1) is 11.7. The number of carbonyl (C=O) groups excluding carboxylic acids is 1. The highest BCUT2D eigenvalue weighted by atomic mass is 32.2. The number of Topliss-reactive ketones (excluding diaryl/α,β-unsaturated/α-hetero) is 1. The maximum atomic E-state index is 12.4. The van der Waals surface area contributed by atoms with Crippen LogP contribution in [0.25, 0.3) is 0 Å². The van der Waals surface area contributed by atoms with E-state index in [1.807, 2.05) is 36.4 Å². The maximum absolute atomic E-state index is 12.4. The fourth-order valence-corrected chi connectivity index (χ4v) is 4.28. The van der Waals surface area contributed by atoms with Gasteiger partial charge in [0.25, 0.3) is 0 Å². The minimum absolute atomic E-state index is 0.140. The van der Waals surface area contributed by atoms with Crippen molar-refractivity contribution in [3.8, 4) is 11.5 Å². The number of hydrogen-bond donors (Lipinski definition) is 1. The van der Waals surface area contributed by atoms with E-state index in [0.29, 0.717) is 5.75 Å². The zero-order valence-electron chi connectivity index (χ0n) is 12.8. The number of ketones is 1. The van der Waals surface area contributed by atoms with Gasteiger partial charge in [0.1, 0.15) is 0 Å². The zero-order valence-corrected chi connectivity index (χ0v) is 14.5. The van der Waals surface area contributed by atoms with Crippen LogP contribution in [0.3, 0.4) is 0 Å². The molecule has 0 bridgehead atoms. The molecule has 6 heteroatoms. The molecule has 2 aliphatic heterocycles. The van der Waals surface area contributed by atoms with Crippen LogP contribution in [0.1, 0.15) is 15.9 Å². The van der Waals surface area contributed by atoms with Crippen LogP contribution in [0, 0.1) is 0 Å². The molecule has 122 valence electrons. The van der Waals surface area contributed by atoms with E-state index in [1.54, 1.807) is 23.5 Å². The minimum Gasteiger partial charge on any atom is -0.454 e. The summed E-state index contributed by atoms with van der Waals surface area (Å²) in [5.41, 5.74) is 2.90. The number of anilines is 1. The van der Waals surface area contributed by atoms with Crippen molar-refractivity contribution < 1.29 is 14.3 Å². The molecule has 4 nitrogen and oxygen atoms in total. The number of rotatable bonds is 5. The van der Waals surface area contributed by atoms with Crippen molar-refractivity contribution >= 4 is 35.0 Å². The Morgan fingerprint density at radius 2 is 2.08 bits per heavy atom. The third kappa shape index (κ3) is 3.12. The molecule has 0 saturated heterocycles. The van der Waals surface area contributed by atoms with Gasteiger partial charge in [-0.05, 0) is 35.9 Å². The van der Waals surface area contributed by atoms with E-state index < -0.39 is 0 Å². The predicted octanol–water partition coefficient (Wildman–Crippen LogP) is 4.52. The van der Waals surface area contributed by atoms with Crippen LogP contribution in [-0.4, -0.2) is 18.3 Å². The van der Waals surface area contributed by atoms with Gasteiger partial charge in [-0.2, -0.15) is 0 Å². The highest BCUT2D eigenvalue weighted by molar-refractivity contribution is 8.03. The molecule has 1 N–H and O–H groups in total. The van der Waals surface area contributed by atoms with Gasteiger partial charge in [0.15, 0.2) is 17.3 Å². The lowest BCUT2D eigenvalue weighted by Crippen LogP contribution is -2.03. The fourth-order valence-electron chi connectivity index (χ4n) is 2.57. The lowest BCUT2D eigenvalue weighted by atomic mass is 10.1. The summed E-state index contributed by atoms with van der Waals surface area (Å²) in [6, 6.07) is 11.6. The van der Waals surface area contributed by atoms with Crippen LogP contribution in [-0.2, 0) is 5.75 Å². The fraction of sp³-hybridized carbons (Fsp3) is 0.167. The molecule has 0 atom stereocenters. The average molecular weight is 357 g/mol. The molecule has 24 heavy (non-hydrogen) atoms. The van der Waals surface area contributed by atoms with E-state index in [4.69, 9.17) is 9.47 Å². The second kappa shape index (κ2) is 6.45. The smallest absolute Gasteiger partial charge is 0.231 e. The van der Waals surface area contributed by atoms with Crippen molar-refractivity contribution in [2.24, 2.45) is 0 Å². The van der Waals surface area contributed by atoms with E-state index in [0.717, 1.165) is 44.0 Å². The highest BCUT2D eigenvalue weighted by Gasteiger charge is 2.17. The predicted molar refractivity (Wildman–Crippen MR) is 98.1 cm³/mol. The van der Waals surface area contributed by atoms with Gasteiger partial charge in [0.2, 0.25) is 6.79 Å². The third-order valence-electron chi connectivity index (χ3n) is 3.75. The van der Waals surface area contributed by atoms with Crippen molar-refractivity contribution in [1.82, 2.24) is 0 Å². The first-order valence-corrected chi connectivity index (χ1v) is 9.43. The summed E-state index contributed by atoms with van der Waals surface area (Å²) in [4.78, 5) is 13.4. The van der Waals surface area contributed by atoms with E-state index in [-0.39, 0.29) is 12.6 Å². The van der Waals surface area contributed by atoms with Gasteiger partial charge in [0, 0.05) is 16.2 Å². The summed E-state index contributed by atoms with van der Waals surface area (Å²) in [6.07, 6.45) is 0. The van der Waals surface area contributed by atoms with E-state index in [9.17, 15) is 4.79 Å². The number of fused-ring (bicyclic) bond motifs is 2. The molecule has 0 amide bonds. The second-order valence-corrected chi connectivity index (χ2v) is 7.59. The molecule has 2 heterocycles. The monoisotopic (exact) mass is 357 g/mol. The van der Waals surface area contributed by atoms with Crippen LogP contribution in [0.4, 0.5) is 5.69 Å². The minimum atomic E-state index is 0.140. The second-order valence-electron chi connectivity index (χ2n) is 5.46. The van der Waals surface area contributed by atoms with E-state index >= 15 is 0 Å². The molecule has 2 aromatic rings. The molecule has 0 saturated carbocycles. The van der Waals surface area contributed by atoms with Gasteiger partial charge < -0.3 is 14.8 Å². The largest absolute Gasteiger partial charge is 0.454 e. The lowest BCUT2D eigenvalue weighted by Gasteiger charge is -2.05. The van der Waals surface area contributed by atoms with Gasteiger partial charge in [-0.1, -0.05) is 24.4 Å². The molecular formula is C18H15NO3S2. The molecular weight excluding hydrogens is 342 g/mol. The van der Waals surface area contributed by atoms with Crippen molar-refractivity contribution in [2.75, 3.05) is 17.9 Å². The quantitative estimate of drug-likeness (QED) is 0.794. The van der Waals surface area contributed by atoms with Gasteiger partial charge in [0.05, 0.1) is 16.5 Å². The summed E-state index contributed by atoms with van der Waals surface area (Å²) in [5.74, 6) is 2.92. The summed E-state index contributed by atoms with van der Waals surface area (Å²) in [7, 11) is 0. The van der Waals surface area contributed by atoms with Crippen LogP contribution >= 0.6 is 23.5 Å². The molecule has 0 fully saturated rings. The Labute approximate surface area is 148 Å². The van der Waals surface area contributed by atoms with Crippen molar-refractivity contribution in [1.29, 1.82) is 0 Å². The Morgan fingerprint density at radius 1 is 1.21 bits per heavy atom. The Kier molecular flexibility index (Phi) is 4.16. The first-order valence-electron chi connectivity index (χ1n) is 7.46. The van der Waals surface area contributed by atoms with Crippen LogP contribution < -0.4 is 14.8 Å². The summed E-state index contributed by atoms with van der Waals surface area (Å²) in [6.45, 7) is 4.17. The zero-order chi connectivity index (χ0) is 16.5.